The van der Waals surface area contributed by atoms with Crippen LogP contribution in [0.3, 0.4) is 0 Å². The van der Waals surface area contributed by atoms with Gasteiger partial charge in [0, 0.05) is 37.5 Å². The van der Waals surface area contributed by atoms with Gasteiger partial charge in [-0.3, -0.25) is 10.1 Å². The van der Waals surface area contributed by atoms with Crippen molar-refractivity contribution in [2.75, 3.05) is 25.0 Å². The van der Waals surface area contributed by atoms with Gasteiger partial charge in [-0.25, -0.2) is 0 Å². The molecular weight excluding hydrogens is 282 g/mol. The summed E-state index contributed by atoms with van der Waals surface area (Å²) in [5, 5.41) is 26.9. The molecule has 1 unspecified atom stereocenters. The minimum atomic E-state index is -0.543. The highest BCUT2D eigenvalue weighted by Gasteiger charge is 2.06. The van der Waals surface area contributed by atoms with E-state index in [1.165, 1.54) is 12.1 Å². The van der Waals surface area contributed by atoms with E-state index >= 15 is 0 Å². The van der Waals surface area contributed by atoms with E-state index in [1.54, 1.807) is 12.1 Å². The van der Waals surface area contributed by atoms with Crippen LogP contribution in [-0.4, -0.2) is 29.7 Å². The van der Waals surface area contributed by atoms with Crippen molar-refractivity contribution < 1.29 is 10.0 Å². The van der Waals surface area contributed by atoms with Crippen molar-refractivity contribution in [1.82, 2.24) is 5.32 Å². The van der Waals surface area contributed by atoms with Crippen LogP contribution in [0, 0.1) is 10.1 Å². The molecule has 6 heteroatoms. The average molecular weight is 301 g/mol. The first kappa shape index (κ1) is 15.9. The van der Waals surface area contributed by atoms with E-state index in [1.807, 2.05) is 30.3 Å². The van der Waals surface area contributed by atoms with Crippen LogP contribution < -0.4 is 10.6 Å². The van der Waals surface area contributed by atoms with Gasteiger partial charge in [-0.05, 0) is 11.6 Å². The maximum atomic E-state index is 10.7. The van der Waals surface area contributed by atoms with Gasteiger partial charge in [0.05, 0.1) is 11.0 Å². The molecule has 0 aliphatic rings. The highest BCUT2D eigenvalue weighted by Crippen LogP contribution is 2.16. The number of nitrogens with zero attached hydrogens (tertiary/aromatic N) is 1. The number of benzene rings is 2. The quantitative estimate of drug-likeness (QED) is 0.396. The standard InChI is InChI=1S/C16H19N3O3/c20-16(13-5-2-1-3-6-13)12-17-9-10-18-14-7-4-8-15(11-14)19(21)22/h1-8,11,16-18,20H,9-10,12H2. The number of nitrogens with one attached hydrogen (secondary N) is 2. The zero-order valence-electron chi connectivity index (χ0n) is 12.1. The summed E-state index contributed by atoms with van der Waals surface area (Å²) in [7, 11) is 0. The SMILES string of the molecule is O=[N+]([O-])c1cccc(NCCNCC(O)c2ccccc2)c1. The molecule has 2 aromatic rings. The summed E-state index contributed by atoms with van der Waals surface area (Å²) in [5.74, 6) is 0. The molecule has 0 amide bonds. The minimum absolute atomic E-state index is 0.0671. The second kappa shape index (κ2) is 8.11. The number of nitro benzene ring substituents is 1. The summed E-state index contributed by atoms with van der Waals surface area (Å²) in [4.78, 5) is 10.3. The van der Waals surface area contributed by atoms with Crippen molar-refractivity contribution >= 4 is 11.4 Å². The lowest BCUT2D eigenvalue weighted by Gasteiger charge is -2.12. The molecule has 0 bridgehead atoms. The maximum absolute atomic E-state index is 10.7. The van der Waals surface area contributed by atoms with Crippen molar-refractivity contribution in [1.29, 1.82) is 0 Å². The van der Waals surface area contributed by atoms with E-state index in [0.29, 0.717) is 25.3 Å². The molecule has 0 fully saturated rings. The zero-order chi connectivity index (χ0) is 15.8. The van der Waals surface area contributed by atoms with Crippen LogP contribution in [0.4, 0.5) is 11.4 Å². The van der Waals surface area contributed by atoms with Gasteiger partial charge in [-0.15, -0.1) is 0 Å². The molecule has 0 aliphatic heterocycles. The highest BCUT2D eigenvalue weighted by atomic mass is 16.6. The van der Waals surface area contributed by atoms with Crippen molar-refractivity contribution in [2.24, 2.45) is 0 Å². The second-order valence-electron chi connectivity index (χ2n) is 4.86. The van der Waals surface area contributed by atoms with E-state index in [0.717, 1.165) is 5.56 Å². The second-order valence-corrected chi connectivity index (χ2v) is 4.86. The Kier molecular flexibility index (Phi) is 5.88. The summed E-state index contributed by atoms with van der Waals surface area (Å²) < 4.78 is 0. The van der Waals surface area contributed by atoms with Crippen molar-refractivity contribution in [3.63, 3.8) is 0 Å². The minimum Gasteiger partial charge on any atom is -0.387 e. The summed E-state index contributed by atoms with van der Waals surface area (Å²) in [5.41, 5.74) is 1.65. The van der Waals surface area contributed by atoms with Crippen LogP contribution >= 0.6 is 0 Å². The lowest BCUT2D eigenvalue weighted by atomic mass is 10.1. The van der Waals surface area contributed by atoms with Crippen molar-refractivity contribution in [3.8, 4) is 0 Å². The Morgan fingerprint density at radius 3 is 2.59 bits per heavy atom. The normalized spacial score (nSPS) is 11.9. The number of aliphatic hydroxyl groups excluding tert-OH is 1. The zero-order valence-corrected chi connectivity index (χ0v) is 12.1. The number of aliphatic hydroxyl groups is 1. The fraction of sp³-hybridized carbons (Fsp3) is 0.250. The van der Waals surface area contributed by atoms with Gasteiger partial charge in [0.2, 0.25) is 0 Å². The molecule has 0 aromatic heterocycles. The van der Waals surface area contributed by atoms with Crippen molar-refractivity contribution in [3.05, 3.63) is 70.3 Å². The Morgan fingerprint density at radius 1 is 1.09 bits per heavy atom. The fourth-order valence-corrected chi connectivity index (χ4v) is 2.06. The molecule has 22 heavy (non-hydrogen) atoms. The molecule has 2 rings (SSSR count). The maximum Gasteiger partial charge on any atom is 0.271 e. The van der Waals surface area contributed by atoms with E-state index < -0.39 is 11.0 Å². The van der Waals surface area contributed by atoms with Gasteiger partial charge in [0.15, 0.2) is 0 Å². The number of non-ortho nitro benzene ring substituents is 1. The smallest absolute Gasteiger partial charge is 0.271 e. The summed E-state index contributed by atoms with van der Waals surface area (Å²) in [6.45, 7) is 1.72. The lowest BCUT2D eigenvalue weighted by molar-refractivity contribution is -0.384. The van der Waals surface area contributed by atoms with Gasteiger partial charge in [0.25, 0.3) is 5.69 Å². The van der Waals surface area contributed by atoms with E-state index in [4.69, 9.17) is 0 Å². The first-order valence-electron chi connectivity index (χ1n) is 7.09. The predicted octanol–water partition coefficient (Wildman–Crippen LogP) is 2.33. The van der Waals surface area contributed by atoms with Crippen molar-refractivity contribution in [2.45, 2.75) is 6.10 Å². The Labute approximate surface area is 128 Å². The Bertz CT molecular complexity index is 605. The Hall–Kier alpha value is -2.44. The number of hydrogen-bond donors (Lipinski definition) is 3. The number of rotatable bonds is 8. The molecule has 2 aromatic carbocycles. The molecule has 6 nitrogen and oxygen atoms in total. The third-order valence-electron chi connectivity index (χ3n) is 3.21. The topological polar surface area (TPSA) is 87.4 Å². The molecule has 0 spiro atoms. The monoisotopic (exact) mass is 301 g/mol. The molecular formula is C16H19N3O3. The van der Waals surface area contributed by atoms with Gasteiger partial charge < -0.3 is 15.7 Å². The van der Waals surface area contributed by atoms with Crippen LogP contribution in [-0.2, 0) is 0 Å². The van der Waals surface area contributed by atoms with E-state index in [9.17, 15) is 15.2 Å². The molecule has 0 saturated carbocycles. The lowest BCUT2D eigenvalue weighted by Crippen LogP contribution is -2.26. The Morgan fingerprint density at radius 2 is 1.86 bits per heavy atom. The number of anilines is 1. The predicted molar refractivity (Wildman–Crippen MR) is 85.9 cm³/mol. The highest BCUT2D eigenvalue weighted by molar-refractivity contribution is 5.50. The third kappa shape index (κ3) is 4.83. The Balaban J connectivity index is 1.69. The molecule has 0 heterocycles. The van der Waals surface area contributed by atoms with Crippen LogP contribution in [0.2, 0.25) is 0 Å². The van der Waals surface area contributed by atoms with Crippen LogP contribution in [0.15, 0.2) is 54.6 Å². The van der Waals surface area contributed by atoms with E-state index in [2.05, 4.69) is 10.6 Å². The fourth-order valence-electron chi connectivity index (χ4n) is 2.06. The van der Waals surface area contributed by atoms with Gasteiger partial charge in [-0.1, -0.05) is 36.4 Å². The van der Waals surface area contributed by atoms with Gasteiger partial charge in [0.1, 0.15) is 0 Å². The van der Waals surface area contributed by atoms with Crippen LogP contribution in [0.5, 0.6) is 0 Å². The number of hydrogen-bond acceptors (Lipinski definition) is 5. The van der Waals surface area contributed by atoms with Gasteiger partial charge >= 0.3 is 0 Å². The summed E-state index contributed by atoms with van der Waals surface area (Å²) in [6, 6.07) is 15.8. The summed E-state index contributed by atoms with van der Waals surface area (Å²) >= 11 is 0. The van der Waals surface area contributed by atoms with Gasteiger partial charge in [-0.2, -0.15) is 0 Å². The molecule has 3 N–H and O–H groups in total. The molecule has 1 atom stereocenters. The first-order valence-corrected chi connectivity index (χ1v) is 7.09. The van der Waals surface area contributed by atoms with Crippen LogP contribution in [0.25, 0.3) is 0 Å². The first-order chi connectivity index (χ1) is 10.7. The molecule has 0 saturated heterocycles. The number of nitro groups is 1. The largest absolute Gasteiger partial charge is 0.387 e. The summed E-state index contributed by atoms with van der Waals surface area (Å²) in [6.07, 6.45) is -0.543. The molecule has 0 radical (unpaired) electrons. The van der Waals surface area contributed by atoms with Crippen LogP contribution in [0.1, 0.15) is 11.7 Å². The third-order valence-corrected chi connectivity index (χ3v) is 3.21. The molecule has 0 aliphatic carbocycles. The molecule has 116 valence electrons. The van der Waals surface area contributed by atoms with E-state index in [-0.39, 0.29) is 5.69 Å². The average Bonchev–Trinajstić information content (AvgIpc) is 2.55.